The Hall–Kier alpha value is -2.85. The molecule has 0 aromatic heterocycles. The number of methoxy groups -OCH3 is 2. The van der Waals surface area contributed by atoms with Gasteiger partial charge in [-0.3, -0.25) is 4.79 Å². The van der Waals surface area contributed by atoms with E-state index in [1.54, 1.807) is 14.2 Å². The molecular formula is C35H51N3O6. The number of fused-ring (bicyclic) bond motifs is 1. The molecule has 4 atom stereocenters. The Kier molecular flexibility index (Phi) is 11.4. The van der Waals surface area contributed by atoms with Crippen molar-refractivity contribution in [3.63, 3.8) is 0 Å². The number of hydrogen-bond donors (Lipinski definition) is 2. The van der Waals surface area contributed by atoms with Gasteiger partial charge in [0.05, 0.1) is 38.2 Å². The number of anilines is 1. The first-order chi connectivity index (χ1) is 21.4. The first-order valence-corrected chi connectivity index (χ1v) is 16.2. The highest BCUT2D eigenvalue weighted by Crippen LogP contribution is 2.37. The van der Waals surface area contributed by atoms with Crippen molar-refractivity contribution < 1.29 is 28.5 Å². The predicted molar refractivity (Wildman–Crippen MR) is 172 cm³/mol. The third-order valence-corrected chi connectivity index (χ3v) is 9.25. The lowest BCUT2D eigenvalue weighted by atomic mass is 9.77. The van der Waals surface area contributed by atoms with Crippen molar-refractivity contribution in [1.82, 2.24) is 10.6 Å². The Morgan fingerprint density at radius 1 is 1.14 bits per heavy atom. The smallest absolute Gasteiger partial charge is 0.225 e. The summed E-state index contributed by atoms with van der Waals surface area (Å²) in [6, 6.07) is 14.9. The Morgan fingerprint density at radius 3 is 2.73 bits per heavy atom. The SMILES string of the molecule is COCCCN1CCOc2ccc(CO[C@H]3CNC(CC(C)(C)C(=O)NC[C@@H]4CCCO4)CC3c3ccc(OC)cc3)cc21. The third kappa shape index (κ3) is 8.44. The second-order valence-electron chi connectivity index (χ2n) is 13.0. The topological polar surface area (TPSA) is 90.5 Å². The molecule has 3 aliphatic rings. The second-order valence-corrected chi connectivity index (χ2v) is 13.0. The minimum Gasteiger partial charge on any atom is -0.497 e. The molecule has 242 valence electrons. The van der Waals surface area contributed by atoms with Crippen LogP contribution in [-0.2, 0) is 25.6 Å². The van der Waals surface area contributed by atoms with Gasteiger partial charge in [-0.15, -0.1) is 0 Å². The molecule has 2 N–H and O–H groups in total. The van der Waals surface area contributed by atoms with Crippen molar-refractivity contribution in [2.45, 2.75) is 76.7 Å². The molecule has 2 saturated heterocycles. The lowest BCUT2D eigenvalue weighted by Crippen LogP contribution is -2.50. The summed E-state index contributed by atoms with van der Waals surface area (Å²) >= 11 is 0. The Morgan fingerprint density at radius 2 is 1.98 bits per heavy atom. The number of nitrogens with zero attached hydrogens (tertiary/aromatic N) is 1. The normalized spacial score (nSPS) is 23.6. The lowest BCUT2D eigenvalue weighted by molar-refractivity contribution is -0.130. The summed E-state index contributed by atoms with van der Waals surface area (Å²) < 4.78 is 29.0. The van der Waals surface area contributed by atoms with E-state index < -0.39 is 5.41 Å². The van der Waals surface area contributed by atoms with Crippen LogP contribution in [0.25, 0.3) is 0 Å². The number of benzene rings is 2. The summed E-state index contributed by atoms with van der Waals surface area (Å²) in [6.45, 7) is 9.95. The van der Waals surface area contributed by atoms with Gasteiger partial charge >= 0.3 is 0 Å². The van der Waals surface area contributed by atoms with Gasteiger partial charge < -0.3 is 39.2 Å². The molecule has 9 nitrogen and oxygen atoms in total. The van der Waals surface area contributed by atoms with Gasteiger partial charge in [-0.1, -0.05) is 32.0 Å². The van der Waals surface area contributed by atoms with Crippen LogP contribution in [-0.4, -0.2) is 84.4 Å². The maximum Gasteiger partial charge on any atom is 0.225 e. The van der Waals surface area contributed by atoms with Gasteiger partial charge in [-0.25, -0.2) is 0 Å². The average Bonchev–Trinajstić information content (AvgIpc) is 3.57. The largest absolute Gasteiger partial charge is 0.497 e. The Labute approximate surface area is 262 Å². The van der Waals surface area contributed by atoms with Crippen molar-refractivity contribution in [2.75, 3.05) is 65.1 Å². The molecule has 0 aliphatic carbocycles. The van der Waals surface area contributed by atoms with Gasteiger partial charge in [0.15, 0.2) is 0 Å². The number of ether oxygens (including phenoxy) is 5. The minimum absolute atomic E-state index is 0.0128. The molecule has 5 rings (SSSR count). The standard InChI is InChI=1S/C35H51N3O6/c1-35(2,34(39)37-22-29-7-5-17-42-29)21-27-20-30(26-9-11-28(41-4)12-10-26)33(23-36-27)44-24-25-8-13-32-31(19-25)38(15-18-43-32)14-6-16-40-3/h8-13,19,27,29-30,33,36H,5-7,14-18,20-24H2,1-4H3,(H,37,39)/t27?,29-,30?,33-/m0/s1. The summed E-state index contributed by atoms with van der Waals surface area (Å²) in [5, 5.41) is 6.87. The van der Waals surface area contributed by atoms with Crippen LogP contribution in [0.15, 0.2) is 42.5 Å². The zero-order valence-corrected chi connectivity index (χ0v) is 26.9. The van der Waals surface area contributed by atoms with Crippen molar-refractivity contribution in [1.29, 1.82) is 0 Å². The zero-order chi connectivity index (χ0) is 30.9. The number of amides is 1. The number of carbonyl (C=O) groups excluding carboxylic acids is 1. The van der Waals surface area contributed by atoms with Gasteiger partial charge in [0.25, 0.3) is 0 Å². The van der Waals surface area contributed by atoms with E-state index in [1.165, 1.54) is 5.56 Å². The van der Waals surface area contributed by atoms with Crippen LogP contribution in [0.5, 0.6) is 11.5 Å². The Bertz CT molecular complexity index is 1200. The van der Waals surface area contributed by atoms with Crippen LogP contribution in [0.4, 0.5) is 5.69 Å². The van der Waals surface area contributed by atoms with Gasteiger partial charge in [-0.05, 0) is 67.5 Å². The van der Waals surface area contributed by atoms with Gasteiger partial charge in [0.2, 0.25) is 5.91 Å². The summed E-state index contributed by atoms with van der Waals surface area (Å²) in [7, 11) is 3.44. The number of nitrogens with one attached hydrogen (secondary N) is 2. The maximum atomic E-state index is 13.2. The average molecular weight is 610 g/mol. The summed E-state index contributed by atoms with van der Waals surface area (Å²) in [5.74, 6) is 2.04. The molecule has 2 fully saturated rings. The summed E-state index contributed by atoms with van der Waals surface area (Å²) in [6.07, 6.45) is 4.81. The van der Waals surface area contributed by atoms with Gasteiger partial charge in [0.1, 0.15) is 18.1 Å². The monoisotopic (exact) mass is 609 g/mol. The van der Waals surface area contributed by atoms with Crippen LogP contribution in [0.3, 0.4) is 0 Å². The van der Waals surface area contributed by atoms with E-state index >= 15 is 0 Å². The zero-order valence-electron chi connectivity index (χ0n) is 26.9. The molecule has 2 unspecified atom stereocenters. The van der Waals surface area contributed by atoms with Crippen LogP contribution in [0.2, 0.25) is 0 Å². The molecule has 3 aliphatic heterocycles. The molecule has 0 radical (unpaired) electrons. The molecule has 2 aromatic rings. The summed E-state index contributed by atoms with van der Waals surface area (Å²) in [5.41, 5.74) is 2.98. The van der Waals surface area contributed by atoms with E-state index in [9.17, 15) is 4.79 Å². The third-order valence-electron chi connectivity index (χ3n) is 9.25. The Balaban J connectivity index is 1.24. The minimum atomic E-state index is -0.505. The molecule has 2 aromatic carbocycles. The molecule has 3 heterocycles. The van der Waals surface area contributed by atoms with Crippen LogP contribution in [0, 0.1) is 5.41 Å². The van der Waals surface area contributed by atoms with E-state index in [4.69, 9.17) is 23.7 Å². The van der Waals surface area contributed by atoms with Crippen molar-refractivity contribution in [3.8, 4) is 11.5 Å². The van der Waals surface area contributed by atoms with E-state index in [1.807, 2.05) is 26.0 Å². The van der Waals surface area contributed by atoms with Crippen molar-refractivity contribution in [3.05, 3.63) is 53.6 Å². The predicted octanol–water partition coefficient (Wildman–Crippen LogP) is 4.67. The van der Waals surface area contributed by atoms with E-state index in [2.05, 4.69) is 45.9 Å². The highest BCUT2D eigenvalue weighted by molar-refractivity contribution is 5.81. The highest BCUT2D eigenvalue weighted by Gasteiger charge is 2.37. The highest BCUT2D eigenvalue weighted by atomic mass is 16.5. The number of piperidine rings is 1. The van der Waals surface area contributed by atoms with Crippen LogP contribution < -0.4 is 25.0 Å². The molecule has 44 heavy (non-hydrogen) atoms. The maximum absolute atomic E-state index is 13.2. The molecule has 0 saturated carbocycles. The van der Waals surface area contributed by atoms with Crippen molar-refractivity contribution >= 4 is 11.6 Å². The first kappa shape index (κ1) is 32.5. The van der Waals surface area contributed by atoms with Crippen molar-refractivity contribution in [2.24, 2.45) is 5.41 Å². The molecule has 0 spiro atoms. The van der Waals surface area contributed by atoms with Crippen LogP contribution >= 0.6 is 0 Å². The molecule has 1 amide bonds. The van der Waals surface area contributed by atoms with E-state index in [-0.39, 0.29) is 30.1 Å². The number of rotatable bonds is 14. The second kappa shape index (κ2) is 15.4. The quantitative estimate of drug-likeness (QED) is 0.299. The van der Waals surface area contributed by atoms with E-state index in [0.717, 1.165) is 81.2 Å². The first-order valence-electron chi connectivity index (χ1n) is 16.2. The number of carbonyl (C=O) groups is 1. The molecule has 0 bridgehead atoms. The van der Waals surface area contributed by atoms with Gasteiger partial charge in [-0.2, -0.15) is 0 Å². The molecular weight excluding hydrogens is 558 g/mol. The lowest BCUT2D eigenvalue weighted by Gasteiger charge is -2.40. The van der Waals surface area contributed by atoms with Gasteiger partial charge in [0, 0.05) is 57.3 Å². The fraction of sp³-hybridized carbons (Fsp3) is 0.629. The number of hydrogen-bond acceptors (Lipinski definition) is 8. The van der Waals surface area contributed by atoms with Crippen LogP contribution in [0.1, 0.15) is 63.0 Å². The fourth-order valence-corrected chi connectivity index (χ4v) is 6.70. The molecule has 9 heteroatoms. The van der Waals surface area contributed by atoms with E-state index in [0.29, 0.717) is 26.3 Å². The fourth-order valence-electron chi connectivity index (χ4n) is 6.70. The summed E-state index contributed by atoms with van der Waals surface area (Å²) in [4.78, 5) is 15.6.